The number of methoxy groups -OCH3 is 2. The van der Waals surface area contributed by atoms with Gasteiger partial charge in [0.1, 0.15) is 5.82 Å². The minimum absolute atomic E-state index is 0.170. The van der Waals surface area contributed by atoms with E-state index in [0.29, 0.717) is 0 Å². The molecule has 0 bridgehead atoms. The molecule has 0 aromatic heterocycles. The van der Waals surface area contributed by atoms with E-state index in [-0.39, 0.29) is 23.2 Å². The molecular weight excluding hydrogens is 227 g/mol. The maximum absolute atomic E-state index is 13.6. The topological polar surface area (TPSA) is 44.8 Å². The second kappa shape index (κ2) is 5.52. The molecule has 0 atom stereocenters. The number of benzene rings is 1. The van der Waals surface area contributed by atoms with Crippen LogP contribution in [-0.2, 0) is 4.74 Å². The first-order valence-electron chi connectivity index (χ1n) is 5.12. The summed E-state index contributed by atoms with van der Waals surface area (Å²) in [6.45, 7) is 3.38. The smallest absolute Gasteiger partial charge is 0.341 e. The van der Waals surface area contributed by atoms with Gasteiger partial charge >= 0.3 is 5.97 Å². The summed E-state index contributed by atoms with van der Waals surface area (Å²) in [6.07, 6.45) is -0.310. The zero-order valence-corrected chi connectivity index (χ0v) is 10.2. The van der Waals surface area contributed by atoms with Crippen LogP contribution in [0.2, 0.25) is 0 Å². The van der Waals surface area contributed by atoms with E-state index in [4.69, 9.17) is 14.2 Å². The van der Waals surface area contributed by atoms with Gasteiger partial charge < -0.3 is 14.2 Å². The van der Waals surface area contributed by atoms with Crippen molar-refractivity contribution < 1.29 is 23.4 Å². The van der Waals surface area contributed by atoms with E-state index in [9.17, 15) is 9.18 Å². The van der Waals surface area contributed by atoms with Gasteiger partial charge in [0.15, 0.2) is 11.5 Å². The molecule has 1 aromatic rings. The van der Waals surface area contributed by atoms with Gasteiger partial charge in [0.05, 0.1) is 25.9 Å². The number of hydrogen-bond donors (Lipinski definition) is 0. The highest BCUT2D eigenvalue weighted by atomic mass is 19.1. The first-order chi connectivity index (χ1) is 7.99. The highest BCUT2D eigenvalue weighted by molar-refractivity contribution is 5.90. The van der Waals surface area contributed by atoms with Crippen molar-refractivity contribution in [1.82, 2.24) is 0 Å². The summed E-state index contributed by atoms with van der Waals surface area (Å²) < 4.78 is 28.4. The van der Waals surface area contributed by atoms with Crippen molar-refractivity contribution in [2.45, 2.75) is 20.0 Å². The van der Waals surface area contributed by atoms with Gasteiger partial charge in [-0.1, -0.05) is 0 Å². The fraction of sp³-hybridized carbons (Fsp3) is 0.417. The molecule has 1 rings (SSSR count). The lowest BCUT2D eigenvalue weighted by Gasteiger charge is -2.12. The molecule has 5 heteroatoms. The lowest BCUT2D eigenvalue weighted by Crippen LogP contribution is -2.13. The molecule has 0 spiro atoms. The molecule has 4 nitrogen and oxygen atoms in total. The Morgan fingerprint density at radius 3 is 2.18 bits per heavy atom. The van der Waals surface area contributed by atoms with Crippen molar-refractivity contribution in [2.24, 2.45) is 0 Å². The van der Waals surface area contributed by atoms with Gasteiger partial charge in [-0.25, -0.2) is 9.18 Å². The molecule has 17 heavy (non-hydrogen) atoms. The summed E-state index contributed by atoms with van der Waals surface area (Å²) in [5, 5.41) is 0. The second-order valence-electron chi connectivity index (χ2n) is 3.64. The summed E-state index contributed by atoms with van der Waals surface area (Å²) in [5.74, 6) is -0.914. The number of carbonyl (C=O) groups is 1. The third-order valence-corrected chi connectivity index (χ3v) is 2.04. The van der Waals surface area contributed by atoms with Crippen molar-refractivity contribution in [3.63, 3.8) is 0 Å². The second-order valence-corrected chi connectivity index (χ2v) is 3.64. The molecule has 0 unspecified atom stereocenters. The molecule has 0 fully saturated rings. The normalized spacial score (nSPS) is 10.2. The molecule has 0 aliphatic heterocycles. The zero-order chi connectivity index (χ0) is 13.0. The number of hydrogen-bond acceptors (Lipinski definition) is 4. The first-order valence-corrected chi connectivity index (χ1v) is 5.12. The van der Waals surface area contributed by atoms with E-state index in [1.54, 1.807) is 13.8 Å². The van der Waals surface area contributed by atoms with Crippen LogP contribution in [0.4, 0.5) is 4.39 Å². The summed E-state index contributed by atoms with van der Waals surface area (Å²) in [7, 11) is 2.80. The maximum atomic E-state index is 13.6. The summed E-state index contributed by atoms with van der Waals surface area (Å²) in [6, 6.07) is 2.36. The van der Waals surface area contributed by atoms with Crippen molar-refractivity contribution in [1.29, 1.82) is 0 Å². The molecule has 0 aliphatic rings. The number of halogens is 1. The first kappa shape index (κ1) is 13.3. The van der Waals surface area contributed by atoms with Gasteiger partial charge in [-0.2, -0.15) is 0 Å². The van der Waals surface area contributed by atoms with Crippen molar-refractivity contribution >= 4 is 5.97 Å². The van der Waals surface area contributed by atoms with Crippen LogP contribution in [0, 0.1) is 5.82 Å². The third-order valence-electron chi connectivity index (χ3n) is 2.04. The lowest BCUT2D eigenvalue weighted by atomic mass is 10.2. The van der Waals surface area contributed by atoms with E-state index in [0.717, 1.165) is 6.07 Å². The van der Waals surface area contributed by atoms with Crippen LogP contribution in [0.25, 0.3) is 0 Å². The number of carbonyl (C=O) groups excluding carboxylic acids is 1. The quantitative estimate of drug-likeness (QED) is 0.760. The van der Waals surface area contributed by atoms with E-state index in [1.165, 1.54) is 20.3 Å². The van der Waals surface area contributed by atoms with Gasteiger partial charge in [-0.05, 0) is 13.8 Å². The van der Waals surface area contributed by atoms with Gasteiger partial charge in [-0.15, -0.1) is 0 Å². The average Bonchev–Trinajstić information content (AvgIpc) is 2.27. The molecule has 94 valence electrons. The number of rotatable bonds is 4. The molecule has 0 saturated heterocycles. The third kappa shape index (κ3) is 3.09. The Bertz CT molecular complexity index is 415. The Labute approximate surface area is 99.3 Å². The molecule has 0 N–H and O–H groups in total. The highest BCUT2D eigenvalue weighted by Crippen LogP contribution is 2.30. The number of esters is 1. The molecule has 0 heterocycles. The van der Waals surface area contributed by atoms with E-state index in [1.807, 2.05) is 0 Å². The van der Waals surface area contributed by atoms with Crippen LogP contribution in [0.1, 0.15) is 24.2 Å². The number of ether oxygens (including phenoxy) is 3. The Morgan fingerprint density at radius 1 is 1.18 bits per heavy atom. The van der Waals surface area contributed by atoms with Crippen molar-refractivity contribution in [3.05, 3.63) is 23.5 Å². The molecule has 1 aromatic carbocycles. The van der Waals surface area contributed by atoms with Crippen LogP contribution in [-0.4, -0.2) is 26.3 Å². The van der Waals surface area contributed by atoms with Crippen LogP contribution in [0.15, 0.2) is 12.1 Å². The standard InChI is InChI=1S/C12H15FO4/c1-7(2)17-12(14)8-5-10(15-3)11(16-4)6-9(8)13/h5-7H,1-4H3. The molecular formula is C12H15FO4. The van der Waals surface area contributed by atoms with Gasteiger partial charge in [0.2, 0.25) is 0 Å². The molecule has 0 aliphatic carbocycles. The van der Waals surface area contributed by atoms with E-state index < -0.39 is 11.8 Å². The maximum Gasteiger partial charge on any atom is 0.341 e. The predicted molar refractivity (Wildman–Crippen MR) is 60.1 cm³/mol. The zero-order valence-electron chi connectivity index (χ0n) is 10.2. The highest BCUT2D eigenvalue weighted by Gasteiger charge is 2.18. The predicted octanol–water partition coefficient (Wildman–Crippen LogP) is 2.41. The van der Waals surface area contributed by atoms with Crippen LogP contribution < -0.4 is 9.47 Å². The molecule has 0 saturated carbocycles. The monoisotopic (exact) mass is 242 g/mol. The Hall–Kier alpha value is -1.78. The van der Waals surface area contributed by atoms with Crippen LogP contribution in [0.5, 0.6) is 11.5 Å². The Kier molecular flexibility index (Phi) is 4.31. The van der Waals surface area contributed by atoms with E-state index >= 15 is 0 Å². The minimum Gasteiger partial charge on any atom is -0.493 e. The molecule has 0 radical (unpaired) electrons. The van der Waals surface area contributed by atoms with Crippen molar-refractivity contribution in [3.8, 4) is 11.5 Å². The Balaban J connectivity index is 3.12. The summed E-state index contributed by atoms with van der Waals surface area (Å²) in [5.41, 5.74) is -0.170. The lowest BCUT2D eigenvalue weighted by molar-refractivity contribution is 0.0372. The van der Waals surface area contributed by atoms with Crippen molar-refractivity contribution in [2.75, 3.05) is 14.2 Å². The largest absolute Gasteiger partial charge is 0.493 e. The summed E-state index contributed by atoms with van der Waals surface area (Å²) in [4.78, 5) is 11.6. The SMILES string of the molecule is COc1cc(F)c(C(=O)OC(C)C)cc1OC. The fourth-order valence-corrected chi connectivity index (χ4v) is 1.29. The fourth-order valence-electron chi connectivity index (χ4n) is 1.29. The molecule has 0 amide bonds. The van der Waals surface area contributed by atoms with E-state index in [2.05, 4.69) is 0 Å². The van der Waals surface area contributed by atoms with Crippen LogP contribution >= 0.6 is 0 Å². The van der Waals surface area contributed by atoms with Gasteiger partial charge in [0.25, 0.3) is 0 Å². The minimum atomic E-state index is -0.724. The van der Waals surface area contributed by atoms with Gasteiger partial charge in [0, 0.05) is 12.1 Å². The van der Waals surface area contributed by atoms with Crippen LogP contribution in [0.3, 0.4) is 0 Å². The average molecular weight is 242 g/mol. The Morgan fingerprint density at radius 2 is 1.71 bits per heavy atom. The van der Waals surface area contributed by atoms with Gasteiger partial charge in [-0.3, -0.25) is 0 Å². The summed E-state index contributed by atoms with van der Waals surface area (Å²) >= 11 is 0.